The minimum absolute atomic E-state index is 0.0331. The standard InChI is InChI=1S/C21H27N3O2/c1-15-7-3-4-9-20(15)26-14-21(25)23-18-13-17(22)10-11-19(18)24-12-6-5-8-16(24)2/h3-4,7,9-11,13,16H,5-6,8,12,14,22H2,1-2H3,(H,23,25)/t16-/m0/s1. The lowest BCUT2D eigenvalue weighted by molar-refractivity contribution is -0.118. The first kappa shape index (κ1) is 18.1. The third-order valence-electron chi connectivity index (χ3n) is 4.86. The molecule has 138 valence electrons. The van der Waals surface area contributed by atoms with E-state index >= 15 is 0 Å². The van der Waals surface area contributed by atoms with E-state index in [1.165, 1.54) is 12.8 Å². The summed E-state index contributed by atoms with van der Waals surface area (Å²) in [4.78, 5) is 14.8. The number of anilines is 3. The molecule has 0 spiro atoms. The molecule has 1 saturated heterocycles. The average Bonchev–Trinajstić information content (AvgIpc) is 2.62. The van der Waals surface area contributed by atoms with Crippen LogP contribution < -0.4 is 20.7 Å². The second-order valence-corrected chi connectivity index (χ2v) is 6.92. The number of hydrogen-bond donors (Lipinski definition) is 2. The van der Waals surface area contributed by atoms with Crippen molar-refractivity contribution in [3.05, 3.63) is 48.0 Å². The van der Waals surface area contributed by atoms with Crippen LogP contribution in [0, 0.1) is 6.92 Å². The summed E-state index contributed by atoms with van der Waals surface area (Å²) >= 11 is 0. The highest BCUT2D eigenvalue weighted by molar-refractivity contribution is 5.96. The Morgan fingerprint density at radius 3 is 2.85 bits per heavy atom. The molecule has 5 heteroatoms. The number of ether oxygens (including phenoxy) is 1. The van der Waals surface area contributed by atoms with Crippen molar-refractivity contribution in [2.24, 2.45) is 0 Å². The van der Waals surface area contributed by atoms with Crippen LogP contribution in [0.2, 0.25) is 0 Å². The Kier molecular flexibility index (Phi) is 5.66. The molecule has 0 saturated carbocycles. The lowest BCUT2D eigenvalue weighted by Crippen LogP contribution is -2.38. The summed E-state index contributed by atoms with van der Waals surface area (Å²) in [7, 11) is 0. The fourth-order valence-corrected chi connectivity index (χ4v) is 3.41. The molecule has 1 amide bonds. The zero-order valence-corrected chi connectivity index (χ0v) is 15.5. The van der Waals surface area contributed by atoms with Gasteiger partial charge in [0.2, 0.25) is 0 Å². The van der Waals surface area contributed by atoms with Crippen molar-refractivity contribution >= 4 is 23.0 Å². The van der Waals surface area contributed by atoms with Crippen LogP contribution in [-0.4, -0.2) is 25.1 Å². The Bertz CT molecular complexity index is 776. The van der Waals surface area contributed by atoms with Crippen LogP contribution in [0.15, 0.2) is 42.5 Å². The number of carbonyl (C=O) groups is 1. The highest BCUT2D eigenvalue weighted by atomic mass is 16.5. The maximum absolute atomic E-state index is 12.4. The van der Waals surface area contributed by atoms with Gasteiger partial charge in [-0.05, 0) is 62.9 Å². The summed E-state index contributed by atoms with van der Waals surface area (Å²) in [6.07, 6.45) is 3.57. The largest absolute Gasteiger partial charge is 0.483 e. The number of benzene rings is 2. The molecule has 5 nitrogen and oxygen atoms in total. The lowest BCUT2D eigenvalue weighted by atomic mass is 10.0. The molecular formula is C21H27N3O2. The second-order valence-electron chi connectivity index (χ2n) is 6.92. The number of hydrogen-bond acceptors (Lipinski definition) is 4. The van der Waals surface area contributed by atoms with E-state index in [1.807, 2.05) is 49.4 Å². The Hall–Kier alpha value is -2.69. The summed E-state index contributed by atoms with van der Waals surface area (Å²) in [6, 6.07) is 13.8. The zero-order valence-electron chi connectivity index (χ0n) is 15.5. The normalized spacial score (nSPS) is 17.0. The second kappa shape index (κ2) is 8.13. The quantitative estimate of drug-likeness (QED) is 0.798. The minimum atomic E-state index is -0.190. The molecule has 2 aromatic carbocycles. The van der Waals surface area contributed by atoms with E-state index in [1.54, 1.807) is 0 Å². The molecule has 1 aliphatic rings. The van der Waals surface area contributed by atoms with Crippen LogP contribution in [0.4, 0.5) is 17.1 Å². The Balaban J connectivity index is 1.71. The predicted molar refractivity (Wildman–Crippen MR) is 107 cm³/mol. The van der Waals surface area contributed by atoms with E-state index in [2.05, 4.69) is 17.1 Å². The van der Waals surface area contributed by atoms with E-state index in [0.717, 1.165) is 35.7 Å². The van der Waals surface area contributed by atoms with Gasteiger partial charge in [-0.2, -0.15) is 0 Å². The number of nitrogen functional groups attached to an aromatic ring is 1. The van der Waals surface area contributed by atoms with Gasteiger partial charge in [-0.25, -0.2) is 0 Å². The van der Waals surface area contributed by atoms with E-state index in [9.17, 15) is 4.79 Å². The van der Waals surface area contributed by atoms with E-state index < -0.39 is 0 Å². The molecule has 0 unspecified atom stereocenters. The first-order valence-corrected chi connectivity index (χ1v) is 9.19. The molecule has 26 heavy (non-hydrogen) atoms. The first-order chi connectivity index (χ1) is 12.5. The Morgan fingerprint density at radius 1 is 1.27 bits per heavy atom. The SMILES string of the molecule is Cc1ccccc1OCC(=O)Nc1cc(N)ccc1N1CCCC[C@@H]1C. The van der Waals surface area contributed by atoms with Gasteiger partial charge in [0.1, 0.15) is 5.75 Å². The van der Waals surface area contributed by atoms with Gasteiger partial charge in [0.05, 0.1) is 11.4 Å². The molecule has 0 aromatic heterocycles. The van der Waals surface area contributed by atoms with Crippen molar-refractivity contribution in [3.8, 4) is 5.75 Å². The van der Waals surface area contributed by atoms with Gasteiger partial charge in [0, 0.05) is 18.3 Å². The van der Waals surface area contributed by atoms with Gasteiger partial charge < -0.3 is 20.7 Å². The van der Waals surface area contributed by atoms with Crippen molar-refractivity contribution in [2.45, 2.75) is 39.2 Å². The van der Waals surface area contributed by atoms with Crippen molar-refractivity contribution in [1.29, 1.82) is 0 Å². The molecule has 0 aliphatic carbocycles. The highest BCUT2D eigenvalue weighted by Gasteiger charge is 2.21. The number of piperidine rings is 1. The predicted octanol–water partition coefficient (Wildman–Crippen LogP) is 3.97. The minimum Gasteiger partial charge on any atom is -0.483 e. The molecular weight excluding hydrogens is 326 g/mol. The summed E-state index contributed by atoms with van der Waals surface area (Å²) in [5.74, 6) is 0.532. The van der Waals surface area contributed by atoms with Gasteiger partial charge in [0.25, 0.3) is 5.91 Å². The number of nitrogens with one attached hydrogen (secondary N) is 1. The number of carbonyl (C=O) groups excluding carboxylic acids is 1. The molecule has 3 rings (SSSR count). The third kappa shape index (κ3) is 4.28. The monoisotopic (exact) mass is 353 g/mol. The van der Waals surface area contributed by atoms with Gasteiger partial charge in [-0.15, -0.1) is 0 Å². The fraction of sp³-hybridized carbons (Fsp3) is 0.381. The number of rotatable bonds is 5. The summed E-state index contributed by atoms with van der Waals surface area (Å²) in [6.45, 7) is 5.14. The summed E-state index contributed by atoms with van der Waals surface area (Å²) < 4.78 is 5.65. The van der Waals surface area contributed by atoms with Crippen molar-refractivity contribution in [2.75, 3.05) is 29.1 Å². The van der Waals surface area contributed by atoms with Gasteiger partial charge >= 0.3 is 0 Å². The van der Waals surface area contributed by atoms with Crippen LogP contribution in [0.25, 0.3) is 0 Å². The topological polar surface area (TPSA) is 67.6 Å². The maximum Gasteiger partial charge on any atom is 0.262 e. The summed E-state index contributed by atoms with van der Waals surface area (Å²) in [5.41, 5.74) is 9.36. The number of para-hydroxylation sites is 1. The number of aryl methyl sites for hydroxylation is 1. The van der Waals surface area contributed by atoms with Crippen LogP contribution in [-0.2, 0) is 4.79 Å². The van der Waals surface area contributed by atoms with Gasteiger partial charge in [0.15, 0.2) is 6.61 Å². The van der Waals surface area contributed by atoms with E-state index in [-0.39, 0.29) is 12.5 Å². The van der Waals surface area contributed by atoms with Crippen molar-refractivity contribution in [1.82, 2.24) is 0 Å². The summed E-state index contributed by atoms with van der Waals surface area (Å²) in [5, 5.41) is 2.97. The highest BCUT2D eigenvalue weighted by Crippen LogP contribution is 2.33. The van der Waals surface area contributed by atoms with Crippen LogP contribution >= 0.6 is 0 Å². The molecule has 0 bridgehead atoms. The molecule has 1 atom stereocenters. The number of nitrogens with two attached hydrogens (primary N) is 1. The zero-order chi connectivity index (χ0) is 18.5. The number of amides is 1. The number of nitrogens with zero attached hydrogens (tertiary/aromatic N) is 1. The molecule has 3 N–H and O–H groups in total. The maximum atomic E-state index is 12.4. The molecule has 2 aromatic rings. The van der Waals surface area contributed by atoms with E-state index in [0.29, 0.717) is 11.7 Å². The molecule has 0 radical (unpaired) electrons. The van der Waals surface area contributed by atoms with Crippen LogP contribution in [0.3, 0.4) is 0 Å². The smallest absolute Gasteiger partial charge is 0.262 e. The Labute approximate surface area is 155 Å². The lowest BCUT2D eigenvalue weighted by Gasteiger charge is -2.36. The third-order valence-corrected chi connectivity index (χ3v) is 4.86. The van der Waals surface area contributed by atoms with Crippen LogP contribution in [0.1, 0.15) is 31.7 Å². The fourth-order valence-electron chi connectivity index (χ4n) is 3.41. The van der Waals surface area contributed by atoms with Crippen molar-refractivity contribution in [3.63, 3.8) is 0 Å². The van der Waals surface area contributed by atoms with Gasteiger partial charge in [-0.3, -0.25) is 4.79 Å². The van der Waals surface area contributed by atoms with E-state index in [4.69, 9.17) is 10.5 Å². The van der Waals surface area contributed by atoms with Crippen LogP contribution in [0.5, 0.6) is 5.75 Å². The van der Waals surface area contributed by atoms with Gasteiger partial charge in [-0.1, -0.05) is 18.2 Å². The molecule has 1 aliphatic heterocycles. The van der Waals surface area contributed by atoms with Crippen molar-refractivity contribution < 1.29 is 9.53 Å². The molecule has 1 heterocycles. The molecule has 1 fully saturated rings. The average molecular weight is 353 g/mol. The Morgan fingerprint density at radius 2 is 2.08 bits per heavy atom. The first-order valence-electron chi connectivity index (χ1n) is 9.19.